The van der Waals surface area contributed by atoms with Crippen LogP contribution in [0, 0.1) is 11.8 Å². The number of aliphatic hydroxyl groups is 1. The molecule has 4 heteroatoms. The number of nitrogens with zero attached hydrogens (tertiary/aromatic N) is 2. The van der Waals surface area contributed by atoms with Crippen molar-refractivity contribution in [2.75, 3.05) is 13.7 Å². The number of hydrogen-bond donors (Lipinski definition) is 1. The minimum atomic E-state index is -0.172. The van der Waals surface area contributed by atoms with Crippen LogP contribution < -0.4 is 0 Å². The summed E-state index contributed by atoms with van der Waals surface area (Å²) in [4.78, 5) is 18.0. The summed E-state index contributed by atoms with van der Waals surface area (Å²) in [7, 11) is 1.76. The SMILES string of the molecule is CN(Cc1cccnc1)C(=O)c1ccc(C#CCO)cc1. The standard InChI is InChI=1S/C17H16N2O2/c1-19(13-15-4-2-10-18-12-15)17(21)16-8-6-14(7-9-16)5-3-11-20/h2,4,6-10,12,20H,11,13H2,1H3. The van der Waals surface area contributed by atoms with Gasteiger partial charge in [0.2, 0.25) is 0 Å². The Kier molecular flexibility index (Phi) is 5.08. The lowest BCUT2D eigenvalue weighted by molar-refractivity contribution is 0.0785. The number of carbonyl (C=O) groups excluding carboxylic acids is 1. The van der Waals surface area contributed by atoms with E-state index >= 15 is 0 Å². The first kappa shape index (κ1) is 14.8. The molecule has 0 saturated carbocycles. The molecule has 106 valence electrons. The Bertz CT molecular complexity index is 655. The maximum absolute atomic E-state index is 12.3. The van der Waals surface area contributed by atoms with E-state index in [-0.39, 0.29) is 12.5 Å². The van der Waals surface area contributed by atoms with Crippen LogP contribution in [0.5, 0.6) is 0 Å². The van der Waals surface area contributed by atoms with Crippen LogP contribution in [0.2, 0.25) is 0 Å². The van der Waals surface area contributed by atoms with E-state index in [1.54, 1.807) is 48.6 Å². The van der Waals surface area contributed by atoms with Crippen LogP contribution in [-0.2, 0) is 6.54 Å². The van der Waals surface area contributed by atoms with Gasteiger partial charge in [-0.1, -0.05) is 17.9 Å². The molecule has 1 amide bonds. The summed E-state index contributed by atoms with van der Waals surface area (Å²) in [6.07, 6.45) is 3.45. The highest BCUT2D eigenvalue weighted by Gasteiger charge is 2.11. The Morgan fingerprint density at radius 1 is 1.29 bits per heavy atom. The fraction of sp³-hybridized carbons (Fsp3) is 0.176. The van der Waals surface area contributed by atoms with Gasteiger partial charge in [-0.2, -0.15) is 0 Å². The zero-order valence-electron chi connectivity index (χ0n) is 11.8. The van der Waals surface area contributed by atoms with Gasteiger partial charge in [0.05, 0.1) is 0 Å². The van der Waals surface area contributed by atoms with Crippen LogP contribution >= 0.6 is 0 Å². The Balaban J connectivity index is 2.05. The van der Waals surface area contributed by atoms with Crippen LogP contribution in [-0.4, -0.2) is 34.6 Å². The summed E-state index contributed by atoms with van der Waals surface area (Å²) < 4.78 is 0. The van der Waals surface area contributed by atoms with E-state index < -0.39 is 0 Å². The fourth-order valence-corrected chi connectivity index (χ4v) is 1.90. The molecule has 0 spiro atoms. The molecule has 1 aromatic heterocycles. The summed E-state index contributed by atoms with van der Waals surface area (Å²) in [6, 6.07) is 10.8. The molecule has 0 aliphatic carbocycles. The zero-order chi connectivity index (χ0) is 15.1. The van der Waals surface area contributed by atoms with Gasteiger partial charge in [-0.3, -0.25) is 9.78 Å². The van der Waals surface area contributed by atoms with Gasteiger partial charge >= 0.3 is 0 Å². The van der Waals surface area contributed by atoms with Gasteiger partial charge in [0, 0.05) is 37.1 Å². The first-order chi connectivity index (χ1) is 10.2. The predicted octanol–water partition coefficient (Wildman–Crippen LogP) is 1.70. The van der Waals surface area contributed by atoms with E-state index in [4.69, 9.17) is 5.11 Å². The molecule has 0 saturated heterocycles. The smallest absolute Gasteiger partial charge is 0.253 e. The second-order valence-corrected chi connectivity index (χ2v) is 4.56. The lowest BCUT2D eigenvalue weighted by atomic mass is 10.1. The maximum Gasteiger partial charge on any atom is 0.253 e. The lowest BCUT2D eigenvalue weighted by Gasteiger charge is -2.17. The van der Waals surface area contributed by atoms with Gasteiger partial charge in [0.25, 0.3) is 5.91 Å². The van der Waals surface area contributed by atoms with E-state index in [2.05, 4.69) is 16.8 Å². The summed E-state index contributed by atoms with van der Waals surface area (Å²) in [6.45, 7) is 0.341. The molecule has 0 unspecified atom stereocenters. The molecular formula is C17H16N2O2. The van der Waals surface area contributed by atoms with Crippen molar-refractivity contribution < 1.29 is 9.90 Å². The molecule has 4 nitrogen and oxygen atoms in total. The molecule has 1 heterocycles. The molecule has 0 aliphatic heterocycles. The fourth-order valence-electron chi connectivity index (χ4n) is 1.90. The van der Waals surface area contributed by atoms with Crippen LogP contribution in [0.3, 0.4) is 0 Å². The Hall–Kier alpha value is -2.64. The topological polar surface area (TPSA) is 53.4 Å². The molecule has 1 aromatic carbocycles. The normalized spacial score (nSPS) is 9.62. The number of pyridine rings is 1. The third-order valence-electron chi connectivity index (χ3n) is 2.93. The first-order valence-corrected chi connectivity index (χ1v) is 6.55. The Morgan fingerprint density at radius 2 is 2.05 bits per heavy atom. The molecular weight excluding hydrogens is 264 g/mol. The molecule has 1 N–H and O–H groups in total. The van der Waals surface area contributed by atoms with E-state index in [0.29, 0.717) is 12.1 Å². The van der Waals surface area contributed by atoms with Gasteiger partial charge < -0.3 is 10.0 Å². The molecule has 0 aliphatic rings. The number of hydrogen-bond acceptors (Lipinski definition) is 3. The number of aliphatic hydroxyl groups excluding tert-OH is 1. The predicted molar refractivity (Wildman–Crippen MR) is 80.4 cm³/mol. The maximum atomic E-state index is 12.3. The number of aromatic nitrogens is 1. The number of rotatable bonds is 3. The lowest BCUT2D eigenvalue weighted by Crippen LogP contribution is -2.26. The molecule has 0 bridgehead atoms. The van der Waals surface area contributed by atoms with Crippen molar-refractivity contribution in [3.8, 4) is 11.8 Å². The van der Waals surface area contributed by atoms with Crippen LogP contribution in [0.4, 0.5) is 0 Å². The molecule has 0 atom stereocenters. The third-order valence-corrected chi connectivity index (χ3v) is 2.93. The quantitative estimate of drug-likeness (QED) is 0.871. The number of benzene rings is 1. The van der Waals surface area contributed by atoms with Gasteiger partial charge in [0.1, 0.15) is 6.61 Å². The zero-order valence-corrected chi connectivity index (χ0v) is 11.8. The van der Waals surface area contributed by atoms with Gasteiger partial charge in [-0.05, 0) is 35.9 Å². The summed E-state index contributed by atoms with van der Waals surface area (Å²) >= 11 is 0. The highest BCUT2D eigenvalue weighted by molar-refractivity contribution is 5.94. The van der Waals surface area contributed by atoms with Crippen LogP contribution in [0.15, 0.2) is 48.8 Å². The van der Waals surface area contributed by atoms with Crippen molar-refractivity contribution in [3.05, 3.63) is 65.5 Å². The minimum Gasteiger partial charge on any atom is -0.384 e. The highest BCUT2D eigenvalue weighted by Crippen LogP contribution is 2.09. The van der Waals surface area contributed by atoms with Gasteiger partial charge in [-0.25, -0.2) is 0 Å². The van der Waals surface area contributed by atoms with E-state index in [0.717, 1.165) is 11.1 Å². The number of carbonyl (C=O) groups is 1. The third kappa shape index (κ3) is 4.16. The first-order valence-electron chi connectivity index (χ1n) is 6.55. The average Bonchev–Trinajstić information content (AvgIpc) is 2.53. The molecule has 0 radical (unpaired) electrons. The molecule has 21 heavy (non-hydrogen) atoms. The highest BCUT2D eigenvalue weighted by atomic mass is 16.2. The number of amides is 1. The van der Waals surface area contributed by atoms with E-state index in [1.807, 2.05) is 12.1 Å². The van der Waals surface area contributed by atoms with Crippen molar-refractivity contribution in [3.63, 3.8) is 0 Å². The van der Waals surface area contributed by atoms with Crippen LogP contribution in [0.1, 0.15) is 21.5 Å². The second kappa shape index (κ2) is 7.22. The van der Waals surface area contributed by atoms with Gasteiger partial charge in [0.15, 0.2) is 0 Å². The monoisotopic (exact) mass is 280 g/mol. The minimum absolute atomic E-state index is 0.0551. The van der Waals surface area contributed by atoms with Crippen molar-refractivity contribution in [2.24, 2.45) is 0 Å². The summed E-state index contributed by atoms with van der Waals surface area (Å²) in [5, 5.41) is 8.64. The van der Waals surface area contributed by atoms with Crippen molar-refractivity contribution in [1.82, 2.24) is 9.88 Å². The van der Waals surface area contributed by atoms with Crippen LogP contribution in [0.25, 0.3) is 0 Å². The second-order valence-electron chi connectivity index (χ2n) is 4.56. The van der Waals surface area contributed by atoms with Gasteiger partial charge in [-0.15, -0.1) is 0 Å². The van der Waals surface area contributed by atoms with E-state index in [1.165, 1.54) is 0 Å². The Morgan fingerprint density at radius 3 is 2.67 bits per heavy atom. The summed E-state index contributed by atoms with van der Waals surface area (Å²) in [5.74, 6) is 5.31. The molecule has 0 fully saturated rings. The largest absolute Gasteiger partial charge is 0.384 e. The molecule has 2 rings (SSSR count). The molecule has 2 aromatic rings. The Labute approximate surface area is 124 Å². The van der Waals surface area contributed by atoms with Crippen molar-refractivity contribution >= 4 is 5.91 Å². The van der Waals surface area contributed by atoms with Crippen molar-refractivity contribution in [1.29, 1.82) is 0 Å². The van der Waals surface area contributed by atoms with E-state index in [9.17, 15) is 4.79 Å². The average molecular weight is 280 g/mol. The summed E-state index contributed by atoms with van der Waals surface area (Å²) in [5.41, 5.74) is 2.37. The van der Waals surface area contributed by atoms with Crippen molar-refractivity contribution in [2.45, 2.75) is 6.54 Å².